The highest BCUT2D eigenvalue weighted by molar-refractivity contribution is 6.16. The number of fused-ring (bicyclic) bond motifs is 4. The minimum Gasteiger partial charge on any atom is -0.455 e. The van der Waals surface area contributed by atoms with Crippen LogP contribution in [0.4, 0.5) is 11.4 Å². The van der Waals surface area contributed by atoms with Crippen molar-refractivity contribution in [2.75, 3.05) is 5.32 Å². The third-order valence-corrected chi connectivity index (χ3v) is 6.87. The summed E-state index contributed by atoms with van der Waals surface area (Å²) >= 11 is 0. The molecule has 0 bridgehead atoms. The molecule has 36 heavy (non-hydrogen) atoms. The topological polar surface area (TPSA) is 25.2 Å². The molecule has 0 aliphatic heterocycles. The van der Waals surface area contributed by atoms with E-state index in [1.165, 1.54) is 16.3 Å². The summed E-state index contributed by atoms with van der Waals surface area (Å²) in [5, 5.41) is 8.45. The van der Waals surface area contributed by atoms with Crippen LogP contribution in [0.15, 0.2) is 138 Å². The minimum absolute atomic E-state index is 0.891. The van der Waals surface area contributed by atoms with Gasteiger partial charge >= 0.3 is 0 Å². The molecule has 2 nitrogen and oxygen atoms in total. The van der Waals surface area contributed by atoms with Gasteiger partial charge in [-0.15, -0.1) is 0 Å². The van der Waals surface area contributed by atoms with Crippen molar-refractivity contribution in [2.45, 2.75) is 0 Å². The first-order chi connectivity index (χ1) is 17.8. The van der Waals surface area contributed by atoms with E-state index in [1.807, 2.05) is 18.2 Å². The highest BCUT2D eigenvalue weighted by atomic mass is 16.3. The number of anilines is 2. The van der Waals surface area contributed by atoms with Crippen LogP contribution in [0.3, 0.4) is 0 Å². The second-order valence-corrected chi connectivity index (χ2v) is 9.06. The SMILES string of the molecule is c1ccc(-c2ccc(Nc3ccccc3-c3ccc4ccccc4c3)c3c2oc2ccccc23)cc1. The first-order valence-electron chi connectivity index (χ1n) is 12.2. The highest BCUT2D eigenvalue weighted by Crippen LogP contribution is 2.42. The van der Waals surface area contributed by atoms with Gasteiger partial charge in [0.2, 0.25) is 0 Å². The van der Waals surface area contributed by atoms with E-state index in [0.717, 1.165) is 50.0 Å². The van der Waals surface area contributed by atoms with Gasteiger partial charge in [-0.05, 0) is 52.2 Å². The Bertz CT molecular complexity index is 1860. The maximum Gasteiger partial charge on any atom is 0.145 e. The summed E-state index contributed by atoms with van der Waals surface area (Å²) in [7, 11) is 0. The lowest BCUT2D eigenvalue weighted by atomic mass is 9.98. The Morgan fingerprint density at radius 3 is 2.14 bits per heavy atom. The molecule has 0 unspecified atom stereocenters. The molecule has 0 spiro atoms. The van der Waals surface area contributed by atoms with Gasteiger partial charge in [-0.1, -0.05) is 103 Å². The largest absolute Gasteiger partial charge is 0.455 e. The Hall–Kier alpha value is -4.82. The third-order valence-electron chi connectivity index (χ3n) is 6.87. The zero-order chi connectivity index (χ0) is 23.9. The van der Waals surface area contributed by atoms with E-state index >= 15 is 0 Å². The summed E-state index contributed by atoms with van der Waals surface area (Å²) in [6.45, 7) is 0. The smallest absolute Gasteiger partial charge is 0.145 e. The summed E-state index contributed by atoms with van der Waals surface area (Å²) in [6.07, 6.45) is 0. The van der Waals surface area contributed by atoms with E-state index in [4.69, 9.17) is 4.42 Å². The molecule has 1 N–H and O–H groups in total. The third kappa shape index (κ3) is 3.43. The molecule has 6 aromatic carbocycles. The second-order valence-electron chi connectivity index (χ2n) is 9.06. The van der Waals surface area contributed by atoms with Gasteiger partial charge in [0.25, 0.3) is 0 Å². The van der Waals surface area contributed by atoms with Crippen molar-refractivity contribution >= 4 is 44.1 Å². The van der Waals surface area contributed by atoms with Gasteiger partial charge in [0.15, 0.2) is 0 Å². The van der Waals surface area contributed by atoms with E-state index < -0.39 is 0 Å². The van der Waals surface area contributed by atoms with E-state index in [9.17, 15) is 0 Å². The van der Waals surface area contributed by atoms with Crippen molar-refractivity contribution in [3.05, 3.63) is 133 Å². The Morgan fingerprint density at radius 1 is 0.472 bits per heavy atom. The maximum absolute atomic E-state index is 6.44. The lowest BCUT2D eigenvalue weighted by Gasteiger charge is -2.15. The standard InChI is InChI=1S/C34H23NO/c1-2-11-24(12-3-1)28-20-21-31(33-29-15-7-9-17-32(29)36-34(28)33)35-30-16-8-6-14-27(30)26-19-18-23-10-4-5-13-25(23)22-26/h1-22,35H. The molecule has 1 aromatic heterocycles. The van der Waals surface area contributed by atoms with Crippen LogP contribution in [-0.2, 0) is 0 Å². The Labute approximate surface area is 209 Å². The molecule has 0 amide bonds. The van der Waals surface area contributed by atoms with Gasteiger partial charge in [0.1, 0.15) is 11.2 Å². The van der Waals surface area contributed by atoms with Crippen LogP contribution in [-0.4, -0.2) is 0 Å². The average Bonchev–Trinajstić information content (AvgIpc) is 3.34. The molecule has 0 fully saturated rings. The zero-order valence-corrected chi connectivity index (χ0v) is 19.6. The van der Waals surface area contributed by atoms with Crippen molar-refractivity contribution in [2.24, 2.45) is 0 Å². The molecule has 2 heteroatoms. The monoisotopic (exact) mass is 461 g/mol. The van der Waals surface area contributed by atoms with Gasteiger partial charge in [-0.2, -0.15) is 0 Å². The van der Waals surface area contributed by atoms with Crippen molar-refractivity contribution in [1.29, 1.82) is 0 Å². The van der Waals surface area contributed by atoms with Gasteiger partial charge < -0.3 is 9.73 Å². The van der Waals surface area contributed by atoms with Gasteiger partial charge in [0, 0.05) is 22.2 Å². The molecule has 7 aromatic rings. The van der Waals surface area contributed by atoms with E-state index in [1.54, 1.807) is 0 Å². The number of para-hydroxylation sites is 2. The Balaban J connectivity index is 1.40. The number of hydrogen-bond donors (Lipinski definition) is 1. The number of rotatable bonds is 4. The minimum atomic E-state index is 0.891. The maximum atomic E-state index is 6.44. The second kappa shape index (κ2) is 8.44. The summed E-state index contributed by atoms with van der Waals surface area (Å²) < 4.78 is 6.44. The van der Waals surface area contributed by atoms with E-state index in [2.05, 4.69) is 121 Å². The van der Waals surface area contributed by atoms with Crippen LogP contribution in [0.5, 0.6) is 0 Å². The molecule has 0 aliphatic carbocycles. The number of hydrogen-bond acceptors (Lipinski definition) is 2. The molecule has 0 saturated carbocycles. The molecule has 170 valence electrons. The number of benzene rings is 6. The quantitative estimate of drug-likeness (QED) is 0.282. The fourth-order valence-corrected chi connectivity index (χ4v) is 5.12. The van der Waals surface area contributed by atoms with Gasteiger partial charge in [-0.25, -0.2) is 0 Å². The van der Waals surface area contributed by atoms with Crippen molar-refractivity contribution in [3.63, 3.8) is 0 Å². The van der Waals surface area contributed by atoms with Gasteiger partial charge in [0.05, 0.1) is 11.1 Å². The highest BCUT2D eigenvalue weighted by Gasteiger charge is 2.17. The fraction of sp³-hybridized carbons (Fsp3) is 0. The molecule has 0 atom stereocenters. The van der Waals surface area contributed by atoms with Crippen LogP contribution in [0.1, 0.15) is 0 Å². The number of nitrogens with one attached hydrogen (secondary N) is 1. The van der Waals surface area contributed by atoms with Crippen LogP contribution in [0, 0.1) is 0 Å². The van der Waals surface area contributed by atoms with E-state index in [0.29, 0.717) is 0 Å². The molecule has 0 aliphatic rings. The molecular weight excluding hydrogens is 438 g/mol. The van der Waals surface area contributed by atoms with Crippen molar-refractivity contribution < 1.29 is 4.42 Å². The molecule has 0 saturated heterocycles. The van der Waals surface area contributed by atoms with E-state index in [-0.39, 0.29) is 0 Å². The predicted molar refractivity (Wildman–Crippen MR) is 152 cm³/mol. The first kappa shape index (κ1) is 20.5. The van der Waals surface area contributed by atoms with Crippen LogP contribution >= 0.6 is 0 Å². The van der Waals surface area contributed by atoms with Crippen LogP contribution < -0.4 is 5.32 Å². The van der Waals surface area contributed by atoms with Crippen molar-refractivity contribution in [1.82, 2.24) is 0 Å². The van der Waals surface area contributed by atoms with Crippen LogP contribution in [0.25, 0.3) is 55.0 Å². The predicted octanol–water partition coefficient (Wildman–Crippen LogP) is 9.82. The fourth-order valence-electron chi connectivity index (χ4n) is 5.12. The summed E-state index contributed by atoms with van der Waals surface area (Å²) in [5.41, 5.74) is 8.47. The Morgan fingerprint density at radius 2 is 1.22 bits per heavy atom. The lowest BCUT2D eigenvalue weighted by molar-refractivity contribution is 0.670. The molecule has 7 rings (SSSR count). The first-order valence-corrected chi connectivity index (χ1v) is 12.2. The summed E-state index contributed by atoms with van der Waals surface area (Å²) in [6, 6.07) is 46.6. The zero-order valence-electron chi connectivity index (χ0n) is 19.6. The summed E-state index contributed by atoms with van der Waals surface area (Å²) in [5.74, 6) is 0. The van der Waals surface area contributed by atoms with Crippen molar-refractivity contribution in [3.8, 4) is 22.3 Å². The summed E-state index contributed by atoms with van der Waals surface area (Å²) in [4.78, 5) is 0. The average molecular weight is 462 g/mol. The molecule has 1 heterocycles. The molecular formula is C34H23NO. The Kier molecular flexibility index (Phi) is 4.82. The van der Waals surface area contributed by atoms with Crippen LogP contribution in [0.2, 0.25) is 0 Å². The van der Waals surface area contributed by atoms with Gasteiger partial charge in [-0.3, -0.25) is 0 Å². The normalized spacial score (nSPS) is 11.3. The lowest BCUT2D eigenvalue weighted by Crippen LogP contribution is -1.94. The molecule has 0 radical (unpaired) electrons. The number of furan rings is 1.